The van der Waals surface area contributed by atoms with E-state index in [1.165, 1.54) is 32.1 Å². The third-order valence-electron chi connectivity index (χ3n) is 6.15. The van der Waals surface area contributed by atoms with Gasteiger partial charge in [-0.1, -0.05) is 32.1 Å². The Morgan fingerprint density at radius 3 is 2.62 bits per heavy atom. The Balaban J connectivity index is 1.27. The van der Waals surface area contributed by atoms with E-state index in [0.717, 1.165) is 54.0 Å². The largest absolute Gasteiger partial charge is 0.494 e. The molecule has 1 fully saturated rings. The fraction of sp³-hybridized carbons (Fsp3) is 0.480. The Kier molecular flexibility index (Phi) is 8.56. The number of anilines is 3. The number of rotatable bonds is 12. The minimum absolute atomic E-state index is 0.361. The van der Waals surface area contributed by atoms with E-state index in [4.69, 9.17) is 15.6 Å². The lowest BCUT2D eigenvalue weighted by molar-refractivity contribution is -0.144. The monoisotopic (exact) mass is 466 g/mol. The van der Waals surface area contributed by atoms with Gasteiger partial charge in [0.1, 0.15) is 17.2 Å². The van der Waals surface area contributed by atoms with Crippen LogP contribution in [0.3, 0.4) is 0 Å². The minimum atomic E-state index is -0.361. The molecule has 0 saturated heterocycles. The van der Waals surface area contributed by atoms with Crippen LogP contribution in [0.1, 0.15) is 64.2 Å². The number of unbranched alkanes of at least 4 members (excludes halogenated alkanes) is 3. The molecule has 1 aromatic carbocycles. The molecule has 1 aliphatic rings. The highest BCUT2D eigenvalue weighted by atomic mass is 16.7. The van der Waals surface area contributed by atoms with Crippen LogP contribution < -0.4 is 21.3 Å². The summed E-state index contributed by atoms with van der Waals surface area (Å²) in [6.07, 6.45) is 12.1. The number of ether oxygens (including phenoxy) is 1. The van der Waals surface area contributed by atoms with Crippen LogP contribution in [0.2, 0.25) is 0 Å². The predicted octanol–water partition coefficient (Wildman–Crippen LogP) is 5.19. The summed E-state index contributed by atoms with van der Waals surface area (Å²) in [6, 6.07) is 10.3. The molecule has 0 atom stereocenters. The third-order valence-corrected chi connectivity index (χ3v) is 6.15. The van der Waals surface area contributed by atoms with Crippen LogP contribution >= 0.6 is 0 Å². The molecule has 34 heavy (non-hydrogen) atoms. The standard InChI is InChI=1S/C25H34N6O3/c26-34-22(32)10-6-1-2-7-17-33-20-13-11-19(12-14-20)29-25-30-23-21(15-16-27-23)24(31-25)28-18-8-4-3-5-9-18/h11-16,18H,1-10,17,26H2,(H3,27,28,29,30,31). The zero-order valence-corrected chi connectivity index (χ0v) is 19.5. The Bertz CT molecular complexity index is 1050. The number of nitrogens with two attached hydrogens (primary N) is 1. The number of nitrogens with zero attached hydrogens (tertiary/aromatic N) is 2. The molecule has 0 amide bonds. The summed E-state index contributed by atoms with van der Waals surface area (Å²) in [5, 5.41) is 7.96. The zero-order chi connectivity index (χ0) is 23.6. The maximum Gasteiger partial charge on any atom is 0.324 e. The van der Waals surface area contributed by atoms with Crippen molar-refractivity contribution in [1.82, 2.24) is 15.0 Å². The lowest BCUT2D eigenvalue weighted by Gasteiger charge is -2.23. The molecule has 9 nitrogen and oxygen atoms in total. The fourth-order valence-corrected chi connectivity index (χ4v) is 4.28. The second-order valence-electron chi connectivity index (χ2n) is 8.77. The minimum Gasteiger partial charge on any atom is -0.494 e. The summed E-state index contributed by atoms with van der Waals surface area (Å²) >= 11 is 0. The fourth-order valence-electron chi connectivity index (χ4n) is 4.28. The number of nitrogens with one attached hydrogen (secondary N) is 3. The molecule has 1 aliphatic carbocycles. The Hall–Kier alpha value is -3.33. The second-order valence-corrected chi connectivity index (χ2v) is 8.77. The highest BCUT2D eigenvalue weighted by molar-refractivity contribution is 5.88. The van der Waals surface area contributed by atoms with Crippen molar-refractivity contribution < 1.29 is 14.4 Å². The summed E-state index contributed by atoms with van der Waals surface area (Å²) in [6.45, 7) is 0.636. The summed E-state index contributed by atoms with van der Waals surface area (Å²) in [7, 11) is 0. The molecule has 4 rings (SSSR count). The first-order chi connectivity index (χ1) is 16.7. The van der Waals surface area contributed by atoms with Gasteiger partial charge in [0.2, 0.25) is 5.95 Å². The maximum atomic E-state index is 11.0. The Morgan fingerprint density at radius 1 is 1.03 bits per heavy atom. The lowest BCUT2D eigenvalue weighted by Crippen LogP contribution is -2.23. The van der Waals surface area contributed by atoms with Gasteiger partial charge >= 0.3 is 5.97 Å². The van der Waals surface area contributed by atoms with E-state index in [2.05, 4.69) is 25.4 Å². The number of hydrogen-bond donors (Lipinski definition) is 4. The molecule has 182 valence electrons. The van der Waals surface area contributed by atoms with Gasteiger partial charge < -0.3 is 25.2 Å². The first-order valence-corrected chi connectivity index (χ1v) is 12.2. The van der Waals surface area contributed by atoms with Crippen molar-refractivity contribution in [1.29, 1.82) is 0 Å². The maximum absolute atomic E-state index is 11.0. The Labute approximate surface area is 199 Å². The van der Waals surface area contributed by atoms with Gasteiger partial charge in [0, 0.05) is 24.3 Å². The first kappa shape index (κ1) is 23.8. The first-order valence-electron chi connectivity index (χ1n) is 12.2. The molecule has 1 saturated carbocycles. The summed E-state index contributed by atoms with van der Waals surface area (Å²) < 4.78 is 5.83. The van der Waals surface area contributed by atoms with E-state index in [9.17, 15) is 4.79 Å². The zero-order valence-electron chi connectivity index (χ0n) is 19.5. The second kappa shape index (κ2) is 12.2. The number of benzene rings is 1. The van der Waals surface area contributed by atoms with E-state index in [1.807, 2.05) is 36.5 Å². The molecular weight excluding hydrogens is 432 g/mol. The van der Waals surface area contributed by atoms with Crippen LogP contribution in [0.5, 0.6) is 5.75 Å². The highest BCUT2D eigenvalue weighted by Gasteiger charge is 2.16. The third kappa shape index (κ3) is 6.84. The van der Waals surface area contributed by atoms with E-state index in [0.29, 0.717) is 25.0 Å². The van der Waals surface area contributed by atoms with Crippen molar-refractivity contribution in [2.45, 2.75) is 70.3 Å². The molecule has 2 aromatic heterocycles. The normalized spacial score (nSPS) is 14.1. The molecule has 0 bridgehead atoms. The van der Waals surface area contributed by atoms with Gasteiger partial charge in [-0.15, -0.1) is 0 Å². The lowest BCUT2D eigenvalue weighted by atomic mass is 9.95. The van der Waals surface area contributed by atoms with Crippen molar-refractivity contribution >= 4 is 34.5 Å². The number of carbonyl (C=O) groups excluding carboxylic acids is 1. The predicted molar refractivity (Wildman–Crippen MR) is 133 cm³/mol. The number of aromatic amines is 1. The van der Waals surface area contributed by atoms with E-state index in [1.54, 1.807) is 0 Å². The summed E-state index contributed by atoms with van der Waals surface area (Å²) in [5.74, 6) is 6.71. The van der Waals surface area contributed by atoms with Gasteiger partial charge in [0.25, 0.3) is 0 Å². The van der Waals surface area contributed by atoms with Gasteiger partial charge in [-0.05, 0) is 56.0 Å². The van der Waals surface area contributed by atoms with Crippen LogP contribution in [0, 0.1) is 0 Å². The van der Waals surface area contributed by atoms with Gasteiger partial charge in [-0.2, -0.15) is 15.9 Å². The van der Waals surface area contributed by atoms with Crippen molar-refractivity contribution in [3.05, 3.63) is 36.5 Å². The highest BCUT2D eigenvalue weighted by Crippen LogP contribution is 2.27. The topological polar surface area (TPSA) is 127 Å². The number of H-pyrrole nitrogens is 1. The van der Waals surface area contributed by atoms with E-state index >= 15 is 0 Å². The molecule has 3 aromatic rings. The SMILES string of the molecule is NOC(=O)CCCCCCOc1ccc(Nc2nc(NC3CCCCC3)c3cc[nH]c3n2)cc1. The number of hydrogen-bond acceptors (Lipinski definition) is 8. The molecule has 0 radical (unpaired) electrons. The average molecular weight is 467 g/mol. The van der Waals surface area contributed by atoms with Crippen molar-refractivity contribution in [3.8, 4) is 5.75 Å². The van der Waals surface area contributed by atoms with Crippen molar-refractivity contribution in [2.24, 2.45) is 5.90 Å². The van der Waals surface area contributed by atoms with Crippen LogP contribution in [-0.4, -0.2) is 33.6 Å². The van der Waals surface area contributed by atoms with E-state index < -0.39 is 0 Å². The van der Waals surface area contributed by atoms with Crippen LogP contribution in [0.15, 0.2) is 36.5 Å². The van der Waals surface area contributed by atoms with Crippen LogP contribution in [0.4, 0.5) is 17.5 Å². The molecule has 5 N–H and O–H groups in total. The van der Waals surface area contributed by atoms with Crippen molar-refractivity contribution in [3.63, 3.8) is 0 Å². The number of fused-ring (bicyclic) bond motifs is 1. The molecule has 2 heterocycles. The molecule has 0 aliphatic heterocycles. The summed E-state index contributed by atoms with van der Waals surface area (Å²) in [4.78, 5) is 27.7. The molecular formula is C25H34N6O3. The Morgan fingerprint density at radius 2 is 1.82 bits per heavy atom. The van der Waals surface area contributed by atoms with Crippen LogP contribution in [0.25, 0.3) is 11.0 Å². The van der Waals surface area contributed by atoms with E-state index in [-0.39, 0.29) is 5.97 Å². The van der Waals surface area contributed by atoms with Gasteiger partial charge in [-0.3, -0.25) is 4.79 Å². The van der Waals surface area contributed by atoms with Gasteiger partial charge in [-0.25, -0.2) is 0 Å². The van der Waals surface area contributed by atoms with Gasteiger partial charge in [0.15, 0.2) is 0 Å². The van der Waals surface area contributed by atoms with Crippen molar-refractivity contribution in [2.75, 3.05) is 17.2 Å². The molecule has 0 unspecified atom stereocenters. The number of aromatic nitrogens is 3. The molecule has 0 spiro atoms. The van der Waals surface area contributed by atoms with Crippen LogP contribution in [-0.2, 0) is 9.63 Å². The smallest absolute Gasteiger partial charge is 0.324 e. The quantitative estimate of drug-likeness (QED) is 0.212. The number of carbonyl (C=O) groups is 1. The summed E-state index contributed by atoms with van der Waals surface area (Å²) in [5.41, 5.74) is 1.71. The average Bonchev–Trinajstić information content (AvgIpc) is 3.34. The molecule has 9 heteroatoms. The van der Waals surface area contributed by atoms with Gasteiger partial charge in [0.05, 0.1) is 12.0 Å².